The minimum Gasteiger partial charge on any atom is -0.352 e. The molecular formula is C29H38N4O2S2. The van der Waals surface area contributed by atoms with Gasteiger partial charge in [0.2, 0.25) is 0 Å². The normalized spacial score (nSPS) is 11.1. The molecule has 0 aliphatic carbocycles. The summed E-state index contributed by atoms with van der Waals surface area (Å²) >= 11 is 3.38. The quantitative estimate of drug-likeness (QED) is 0.276. The van der Waals surface area contributed by atoms with Crippen LogP contribution in [0.1, 0.15) is 74.3 Å². The number of carbonyl (C=O) groups is 2. The van der Waals surface area contributed by atoms with Gasteiger partial charge in [0, 0.05) is 48.1 Å². The molecule has 0 fully saturated rings. The van der Waals surface area contributed by atoms with E-state index >= 15 is 0 Å². The maximum Gasteiger partial charge on any atom is 0.253 e. The van der Waals surface area contributed by atoms with Crippen LogP contribution in [0.2, 0.25) is 0 Å². The average molecular weight is 539 g/mol. The zero-order valence-electron chi connectivity index (χ0n) is 22.5. The van der Waals surface area contributed by atoms with Crippen molar-refractivity contribution in [3.8, 4) is 0 Å². The molecule has 1 heterocycles. The van der Waals surface area contributed by atoms with Crippen molar-refractivity contribution in [3.63, 3.8) is 0 Å². The van der Waals surface area contributed by atoms with Crippen molar-refractivity contribution in [2.45, 2.75) is 52.0 Å². The highest BCUT2D eigenvalue weighted by molar-refractivity contribution is 7.97. The topological polar surface area (TPSA) is 74.3 Å². The van der Waals surface area contributed by atoms with Crippen LogP contribution in [0.3, 0.4) is 0 Å². The van der Waals surface area contributed by atoms with Crippen LogP contribution in [0, 0.1) is 6.92 Å². The number of thiazole rings is 1. The Morgan fingerprint density at radius 2 is 1.84 bits per heavy atom. The molecule has 3 aromatic rings. The van der Waals surface area contributed by atoms with Gasteiger partial charge in [0.25, 0.3) is 11.8 Å². The van der Waals surface area contributed by atoms with Gasteiger partial charge in [-0.05, 0) is 67.0 Å². The third kappa shape index (κ3) is 8.98. The van der Waals surface area contributed by atoms with E-state index in [1.54, 1.807) is 47.5 Å². The number of aromatic nitrogens is 1. The minimum absolute atomic E-state index is 0.131. The van der Waals surface area contributed by atoms with Crippen molar-refractivity contribution in [1.29, 1.82) is 0 Å². The molecule has 0 saturated heterocycles. The summed E-state index contributed by atoms with van der Waals surface area (Å²) in [4.78, 5) is 31.6. The number of benzene rings is 2. The molecule has 1 aromatic heterocycles. The van der Waals surface area contributed by atoms with Crippen LogP contribution >= 0.6 is 23.1 Å². The van der Waals surface area contributed by atoms with E-state index in [2.05, 4.69) is 53.9 Å². The Morgan fingerprint density at radius 3 is 2.54 bits per heavy atom. The van der Waals surface area contributed by atoms with Gasteiger partial charge in [-0.15, -0.1) is 11.3 Å². The summed E-state index contributed by atoms with van der Waals surface area (Å²) in [5.74, 6) is 1.23. The van der Waals surface area contributed by atoms with E-state index in [-0.39, 0.29) is 11.8 Å². The summed E-state index contributed by atoms with van der Waals surface area (Å²) in [7, 11) is 1.75. The number of aryl methyl sites for hydroxylation is 1. The fraction of sp³-hybridized carbons (Fsp3) is 0.414. The smallest absolute Gasteiger partial charge is 0.253 e. The molecule has 0 aliphatic heterocycles. The number of nitrogens with one attached hydrogen (secondary N) is 2. The van der Waals surface area contributed by atoms with E-state index in [1.807, 2.05) is 24.1 Å². The first-order chi connectivity index (χ1) is 17.8. The summed E-state index contributed by atoms with van der Waals surface area (Å²) in [5, 5.41) is 9.33. The molecule has 37 heavy (non-hydrogen) atoms. The predicted octanol–water partition coefficient (Wildman–Crippen LogP) is 5.62. The Hall–Kier alpha value is -2.68. The molecule has 0 radical (unpaired) electrons. The lowest BCUT2D eigenvalue weighted by Gasteiger charge is -2.16. The van der Waals surface area contributed by atoms with Gasteiger partial charge in [-0.2, -0.15) is 11.8 Å². The number of thioether (sulfide) groups is 1. The van der Waals surface area contributed by atoms with Crippen LogP contribution in [0.25, 0.3) is 0 Å². The van der Waals surface area contributed by atoms with Crippen LogP contribution in [-0.2, 0) is 18.8 Å². The fourth-order valence-corrected chi connectivity index (χ4v) is 5.31. The summed E-state index contributed by atoms with van der Waals surface area (Å²) in [6.07, 6.45) is 2.95. The first-order valence-corrected chi connectivity index (χ1v) is 14.9. The van der Waals surface area contributed by atoms with Crippen molar-refractivity contribution in [2.75, 3.05) is 26.4 Å². The third-order valence-corrected chi connectivity index (χ3v) is 7.53. The molecule has 8 heteroatoms. The first kappa shape index (κ1) is 28.9. The van der Waals surface area contributed by atoms with Crippen LogP contribution in [-0.4, -0.2) is 48.1 Å². The molecule has 0 aliphatic rings. The number of hydrogen-bond donors (Lipinski definition) is 2. The van der Waals surface area contributed by atoms with Crippen molar-refractivity contribution in [1.82, 2.24) is 20.5 Å². The minimum atomic E-state index is -0.167. The Morgan fingerprint density at radius 1 is 1.08 bits per heavy atom. The van der Waals surface area contributed by atoms with Crippen LogP contribution in [0.15, 0.2) is 47.8 Å². The summed E-state index contributed by atoms with van der Waals surface area (Å²) in [6.45, 7) is 9.03. The first-order valence-electron chi connectivity index (χ1n) is 12.6. The maximum atomic E-state index is 12.9. The van der Waals surface area contributed by atoms with Gasteiger partial charge in [-0.25, -0.2) is 4.98 Å². The lowest BCUT2D eigenvalue weighted by atomic mass is 9.98. The van der Waals surface area contributed by atoms with Crippen molar-refractivity contribution in [3.05, 3.63) is 86.4 Å². The van der Waals surface area contributed by atoms with E-state index in [0.29, 0.717) is 30.1 Å². The van der Waals surface area contributed by atoms with Crippen LogP contribution < -0.4 is 10.6 Å². The van der Waals surface area contributed by atoms with Gasteiger partial charge < -0.3 is 15.5 Å². The molecule has 0 spiro atoms. The lowest BCUT2D eigenvalue weighted by Crippen LogP contribution is -2.28. The molecule has 0 saturated carbocycles. The van der Waals surface area contributed by atoms with Crippen molar-refractivity contribution < 1.29 is 9.59 Å². The second-order valence-corrected chi connectivity index (χ2v) is 11.4. The fourth-order valence-electron chi connectivity index (χ4n) is 3.99. The Labute approximate surface area is 229 Å². The second kappa shape index (κ2) is 14.3. The number of carbonyl (C=O) groups excluding carboxylic acids is 2. The van der Waals surface area contributed by atoms with E-state index in [9.17, 15) is 9.59 Å². The molecule has 2 amide bonds. The highest BCUT2D eigenvalue weighted by Crippen LogP contribution is 2.21. The van der Waals surface area contributed by atoms with Gasteiger partial charge in [-0.1, -0.05) is 38.1 Å². The third-order valence-electron chi connectivity index (χ3n) is 5.96. The molecule has 3 rings (SSSR count). The molecular weight excluding hydrogens is 500 g/mol. The zero-order valence-corrected chi connectivity index (χ0v) is 24.1. The summed E-state index contributed by atoms with van der Waals surface area (Å²) in [5.41, 5.74) is 5.98. The van der Waals surface area contributed by atoms with E-state index in [0.717, 1.165) is 36.0 Å². The van der Waals surface area contributed by atoms with E-state index in [4.69, 9.17) is 0 Å². The van der Waals surface area contributed by atoms with E-state index < -0.39 is 0 Å². The maximum absolute atomic E-state index is 12.9. The van der Waals surface area contributed by atoms with Crippen molar-refractivity contribution >= 4 is 34.9 Å². The molecule has 198 valence electrons. The van der Waals surface area contributed by atoms with Gasteiger partial charge >= 0.3 is 0 Å². The average Bonchev–Trinajstić information content (AvgIpc) is 3.29. The highest BCUT2D eigenvalue weighted by Gasteiger charge is 2.15. The van der Waals surface area contributed by atoms with Crippen molar-refractivity contribution in [2.24, 2.45) is 0 Å². The summed E-state index contributed by atoms with van der Waals surface area (Å²) < 4.78 is 0. The van der Waals surface area contributed by atoms with Gasteiger partial charge in [0.1, 0.15) is 5.01 Å². The molecule has 2 aromatic carbocycles. The number of hydrogen-bond acceptors (Lipinski definition) is 6. The molecule has 2 N–H and O–H groups in total. The molecule has 0 atom stereocenters. The number of nitrogens with zero attached hydrogens (tertiary/aromatic N) is 2. The van der Waals surface area contributed by atoms with Gasteiger partial charge in [0.15, 0.2) is 0 Å². The molecule has 0 unspecified atom stereocenters. The summed E-state index contributed by atoms with van der Waals surface area (Å²) in [6, 6.07) is 13.8. The lowest BCUT2D eigenvalue weighted by molar-refractivity contribution is 0.0785. The Bertz CT molecular complexity index is 1190. The number of rotatable bonds is 13. The Balaban J connectivity index is 1.44. The predicted molar refractivity (Wildman–Crippen MR) is 155 cm³/mol. The van der Waals surface area contributed by atoms with E-state index in [1.165, 1.54) is 16.7 Å². The molecule has 6 nitrogen and oxygen atoms in total. The monoisotopic (exact) mass is 538 g/mol. The largest absolute Gasteiger partial charge is 0.352 e. The van der Waals surface area contributed by atoms with Gasteiger partial charge in [0.05, 0.1) is 6.54 Å². The Kier molecular flexibility index (Phi) is 11.2. The molecule has 0 bridgehead atoms. The SMILES string of the molecule is CSCc1cc(CNCCCNC(=O)c2cccc(C(=O)N(C)Cc3nc(C)cs3)c2)cc(C(C)C)c1. The van der Waals surface area contributed by atoms with Crippen LogP contribution in [0.4, 0.5) is 0 Å². The standard InChI is InChI=1S/C29H38N4O2S2/c1-20(2)26-13-22(12-23(14-26)19-36-5)16-30-10-7-11-31-28(34)24-8-6-9-25(15-24)29(35)33(4)17-27-32-21(3)18-37-27/h6,8-9,12-15,18,20,30H,7,10-11,16-17,19H2,1-5H3,(H,31,34). The highest BCUT2D eigenvalue weighted by atomic mass is 32.2. The van der Waals surface area contributed by atoms with Crippen LogP contribution in [0.5, 0.6) is 0 Å². The van der Waals surface area contributed by atoms with Gasteiger partial charge in [-0.3, -0.25) is 9.59 Å². The number of amides is 2. The second-order valence-electron chi connectivity index (χ2n) is 9.58. The zero-order chi connectivity index (χ0) is 26.8.